The molecule has 2 aromatic carbocycles. The van der Waals surface area contributed by atoms with Gasteiger partial charge < -0.3 is 20.5 Å². The molecule has 0 aliphatic carbocycles. The van der Waals surface area contributed by atoms with Crippen molar-refractivity contribution < 1.29 is 31.8 Å². The van der Waals surface area contributed by atoms with E-state index in [1.54, 1.807) is 0 Å². The highest BCUT2D eigenvalue weighted by molar-refractivity contribution is 5.95. The van der Waals surface area contributed by atoms with Gasteiger partial charge in [0.2, 0.25) is 0 Å². The monoisotopic (exact) mass is 399 g/mol. The first-order valence-electron chi connectivity index (χ1n) is 7.85. The van der Waals surface area contributed by atoms with Crippen molar-refractivity contribution in [3.63, 3.8) is 0 Å². The van der Waals surface area contributed by atoms with E-state index in [1.165, 1.54) is 7.11 Å². The van der Waals surface area contributed by atoms with E-state index in [2.05, 4.69) is 5.32 Å². The SMILES string of the molecule is COc1cc(F)c(C(OC)C(=O)NCc2c(F)cc(C(=N)N)cc2F)c(F)c1. The number of amidine groups is 1. The quantitative estimate of drug-likeness (QED) is 0.379. The van der Waals surface area contributed by atoms with Gasteiger partial charge in [-0.3, -0.25) is 10.2 Å². The van der Waals surface area contributed by atoms with Gasteiger partial charge in [-0.1, -0.05) is 0 Å². The molecule has 150 valence electrons. The number of ether oxygens (including phenoxy) is 2. The number of nitrogens with two attached hydrogens (primary N) is 1. The third-order valence-corrected chi connectivity index (χ3v) is 3.92. The van der Waals surface area contributed by atoms with Crippen molar-refractivity contribution in [1.82, 2.24) is 5.32 Å². The Labute approximate surface area is 157 Å². The number of hydrogen-bond acceptors (Lipinski definition) is 4. The number of nitrogens with one attached hydrogen (secondary N) is 2. The first-order valence-corrected chi connectivity index (χ1v) is 7.85. The molecule has 0 heterocycles. The summed E-state index contributed by atoms with van der Waals surface area (Å²) in [5.74, 6) is -5.88. The molecule has 0 spiro atoms. The first-order chi connectivity index (χ1) is 13.2. The summed E-state index contributed by atoms with van der Waals surface area (Å²) < 4.78 is 66.0. The van der Waals surface area contributed by atoms with Gasteiger partial charge in [-0.25, -0.2) is 17.6 Å². The minimum atomic E-state index is -1.70. The predicted octanol–water partition coefficient (Wildman–Crippen LogP) is 2.54. The summed E-state index contributed by atoms with van der Waals surface area (Å²) in [7, 11) is 2.27. The van der Waals surface area contributed by atoms with Crippen molar-refractivity contribution in [1.29, 1.82) is 5.41 Å². The van der Waals surface area contributed by atoms with E-state index in [1.807, 2.05) is 0 Å². The van der Waals surface area contributed by atoms with E-state index < -0.39 is 58.8 Å². The molecule has 2 rings (SSSR count). The van der Waals surface area contributed by atoms with E-state index in [0.29, 0.717) is 0 Å². The molecule has 10 heteroatoms. The summed E-state index contributed by atoms with van der Waals surface area (Å²) in [6.45, 7) is -0.617. The molecule has 0 fully saturated rings. The van der Waals surface area contributed by atoms with Crippen LogP contribution in [0.4, 0.5) is 17.6 Å². The van der Waals surface area contributed by atoms with Crippen molar-refractivity contribution in [3.8, 4) is 5.75 Å². The number of hydrogen-bond donors (Lipinski definition) is 3. The lowest BCUT2D eigenvalue weighted by Crippen LogP contribution is -2.31. The average molecular weight is 399 g/mol. The van der Waals surface area contributed by atoms with Crippen LogP contribution < -0.4 is 15.8 Å². The second kappa shape index (κ2) is 8.70. The molecule has 28 heavy (non-hydrogen) atoms. The molecule has 0 aromatic heterocycles. The fraction of sp³-hybridized carbons (Fsp3) is 0.222. The predicted molar refractivity (Wildman–Crippen MR) is 91.9 cm³/mol. The van der Waals surface area contributed by atoms with Crippen LogP contribution in [0.15, 0.2) is 24.3 Å². The maximum absolute atomic E-state index is 14.2. The Morgan fingerprint density at radius 2 is 1.61 bits per heavy atom. The molecule has 0 radical (unpaired) electrons. The molecule has 1 amide bonds. The fourth-order valence-electron chi connectivity index (χ4n) is 2.48. The second-order valence-electron chi connectivity index (χ2n) is 5.67. The molecule has 0 saturated carbocycles. The van der Waals surface area contributed by atoms with Crippen molar-refractivity contribution >= 4 is 11.7 Å². The number of carbonyl (C=O) groups excluding carboxylic acids is 1. The average Bonchev–Trinajstić information content (AvgIpc) is 2.63. The Hall–Kier alpha value is -3.14. The maximum atomic E-state index is 14.2. The molecule has 1 atom stereocenters. The lowest BCUT2D eigenvalue weighted by molar-refractivity contribution is -0.132. The van der Waals surface area contributed by atoms with Gasteiger partial charge in [0.1, 0.15) is 34.9 Å². The molecule has 1 unspecified atom stereocenters. The van der Waals surface area contributed by atoms with E-state index >= 15 is 0 Å². The maximum Gasteiger partial charge on any atom is 0.254 e. The van der Waals surface area contributed by atoms with Crippen molar-refractivity contribution in [2.45, 2.75) is 12.6 Å². The molecule has 0 bridgehead atoms. The van der Waals surface area contributed by atoms with E-state index in [-0.39, 0.29) is 11.3 Å². The van der Waals surface area contributed by atoms with Gasteiger partial charge >= 0.3 is 0 Å². The lowest BCUT2D eigenvalue weighted by Gasteiger charge is -2.18. The second-order valence-corrected chi connectivity index (χ2v) is 5.67. The Morgan fingerprint density at radius 1 is 1.07 bits per heavy atom. The largest absolute Gasteiger partial charge is 0.497 e. The van der Waals surface area contributed by atoms with Crippen LogP contribution in [0.5, 0.6) is 5.75 Å². The normalized spacial score (nSPS) is 11.8. The Kier molecular flexibility index (Phi) is 6.57. The van der Waals surface area contributed by atoms with E-state index in [4.69, 9.17) is 20.6 Å². The molecule has 6 nitrogen and oxygen atoms in total. The third-order valence-electron chi connectivity index (χ3n) is 3.92. The highest BCUT2D eigenvalue weighted by Gasteiger charge is 2.28. The van der Waals surface area contributed by atoms with Crippen LogP contribution >= 0.6 is 0 Å². The summed E-state index contributed by atoms with van der Waals surface area (Å²) in [5, 5.41) is 9.36. The summed E-state index contributed by atoms with van der Waals surface area (Å²) in [6, 6.07) is 3.42. The van der Waals surface area contributed by atoms with Crippen molar-refractivity contribution in [3.05, 3.63) is 64.2 Å². The number of methoxy groups -OCH3 is 2. The summed E-state index contributed by atoms with van der Waals surface area (Å²) >= 11 is 0. The van der Waals surface area contributed by atoms with Crippen LogP contribution in [0.2, 0.25) is 0 Å². The van der Waals surface area contributed by atoms with Crippen LogP contribution in [-0.4, -0.2) is 26.0 Å². The van der Waals surface area contributed by atoms with E-state index in [0.717, 1.165) is 31.4 Å². The summed E-state index contributed by atoms with van der Waals surface area (Å²) in [6.07, 6.45) is -1.70. The van der Waals surface area contributed by atoms with Crippen LogP contribution in [0.25, 0.3) is 0 Å². The highest BCUT2D eigenvalue weighted by Crippen LogP contribution is 2.28. The summed E-state index contributed by atoms with van der Waals surface area (Å²) in [4.78, 5) is 12.3. The Balaban J connectivity index is 2.24. The minimum absolute atomic E-state index is 0.0938. The minimum Gasteiger partial charge on any atom is -0.497 e. The van der Waals surface area contributed by atoms with Crippen molar-refractivity contribution in [2.24, 2.45) is 5.73 Å². The molecule has 4 N–H and O–H groups in total. The van der Waals surface area contributed by atoms with Gasteiger partial charge in [0.05, 0.1) is 12.7 Å². The molecule has 0 aliphatic heterocycles. The number of amides is 1. The number of halogens is 4. The van der Waals surface area contributed by atoms with Crippen LogP contribution in [0, 0.1) is 28.7 Å². The standard InChI is InChI=1S/C18H17F4N3O3/c1-27-9-5-13(21)15(14(22)6-9)16(28-2)18(26)25-7-10-11(19)3-8(17(23)24)4-12(10)20/h3-6,16H,7H2,1-2H3,(H3,23,24)(H,25,26). The topological polar surface area (TPSA) is 97.4 Å². The zero-order valence-electron chi connectivity index (χ0n) is 14.9. The Morgan fingerprint density at radius 3 is 2.04 bits per heavy atom. The molecule has 0 saturated heterocycles. The van der Waals surface area contributed by atoms with Crippen LogP contribution in [0.3, 0.4) is 0 Å². The molecular formula is C18H17F4N3O3. The zero-order valence-corrected chi connectivity index (χ0v) is 14.9. The lowest BCUT2D eigenvalue weighted by atomic mass is 10.1. The van der Waals surface area contributed by atoms with Crippen LogP contribution in [-0.2, 0) is 16.1 Å². The summed E-state index contributed by atoms with van der Waals surface area (Å²) in [5.41, 5.74) is 3.83. The van der Waals surface area contributed by atoms with Gasteiger partial charge in [0, 0.05) is 36.9 Å². The van der Waals surface area contributed by atoms with Gasteiger partial charge in [0.15, 0.2) is 6.10 Å². The van der Waals surface area contributed by atoms with Gasteiger partial charge in [-0.2, -0.15) is 0 Å². The Bertz CT molecular complexity index is 875. The van der Waals surface area contributed by atoms with Gasteiger partial charge in [-0.15, -0.1) is 0 Å². The van der Waals surface area contributed by atoms with Gasteiger partial charge in [0.25, 0.3) is 5.91 Å². The van der Waals surface area contributed by atoms with E-state index in [9.17, 15) is 22.4 Å². The molecule has 2 aromatic rings. The number of benzene rings is 2. The number of carbonyl (C=O) groups is 1. The molecular weight excluding hydrogens is 382 g/mol. The number of rotatable bonds is 7. The third kappa shape index (κ3) is 4.39. The zero-order chi connectivity index (χ0) is 21.0. The fourth-order valence-corrected chi connectivity index (χ4v) is 2.48. The van der Waals surface area contributed by atoms with Crippen LogP contribution in [0.1, 0.15) is 22.8 Å². The first kappa shape index (κ1) is 21.2. The molecule has 0 aliphatic rings. The van der Waals surface area contributed by atoms with Crippen molar-refractivity contribution in [2.75, 3.05) is 14.2 Å². The highest BCUT2D eigenvalue weighted by atomic mass is 19.1. The smallest absolute Gasteiger partial charge is 0.254 e. The number of nitrogen functional groups attached to an aromatic ring is 1. The van der Waals surface area contributed by atoms with Gasteiger partial charge in [-0.05, 0) is 12.1 Å².